The van der Waals surface area contributed by atoms with Crippen LogP contribution in [0.15, 0.2) is 10.6 Å². The predicted octanol–water partition coefficient (Wildman–Crippen LogP) is 0.162. The van der Waals surface area contributed by atoms with Crippen molar-refractivity contribution in [2.45, 2.75) is 32.4 Å². The van der Waals surface area contributed by atoms with Crippen molar-refractivity contribution < 1.29 is 19.4 Å². The van der Waals surface area contributed by atoms with Crippen molar-refractivity contribution in [1.29, 1.82) is 0 Å². The van der Waals surface area contributed by atoms with Gasteiger partial charge in [-0.1, -0.05) is 6.92 Å². The van der Waals surface area contributed by atoms with Crippen LogP contribution in [0, 0.1) is 0 Å². The van der Waals surface area contributed by atoms with Crippen molar-refractivity contribution in [2.75, 3.05) is 6.54 Å². The number of nitrogens with zero attached hydrogens (tertiary/aromatic N) is 1. The summed E-state index contributed by atoms with van der Waals surface area (Å²) in [6, 6.07) is 0. The summed E-state index contributed by atoms with van der Waals surface area (Å²) in [5.74, 6) is 0.00137. The van der Waals surface area contributed by atoms with Crippen LogP contribution in [0.5, 0.6) is 0 Å². The minimum atomic E-state index is -1.78. The summed E-state index contributed by atoms with van der Waals surface area (Å²) >= 11 is 0. The van der Waals surface area contributed by atoms with Crippen molar-refractivity contribution in [3.05, 3.63) is 17.8 Å². The summed E-state index contributed by atoms with van der Waals surface area (Å²) < 4.78 is 5.31. The van der Waals surface area contributed by atoms with Gasteiger partial charge in [-0.05, 0) is 6.92 Å². The normalized spacial score (nSPS) is 14.7. The smallest absolute Gasteiger partial charge is 0.336 e. The van der Waals surface area contributed by atoms with E-state index in [1.165, 1.54) is 6.92 Å². The standard InChI is InChI=1S/C10H16N2O4/c1-3-7-4-12-8(16-7)5-11-6-10(2,15)9(13)14/h4,11,15H,3,5-6H2,1-2H3,(H,13,14). The Bertz CT molecular complexity index is 359. The van der Waals surface area contributed by atoms with E-state index in [0.29, 0.717) is 12.4 Å². The number of carboxylic acids is 1. The van der Waals surface area contributed by atoms with Crippen molar-refractivity contribution in [3.63, 3.8) is 0 Å². The van der Waals surface area contributed by atoms with E-state index < -0.39 is 11.6 Å². The molecule has 0 aliphatic heterocycles. The number of oxazole rings is 1. The van der Waals surface area contributed by atoms with Gasteiger partial charge in [0, 0.05) is 13.0 Å². The molecular formula is C10H16N2O4. The van der Waals surface area contributed by atoms with Crippen LogP contribution >= 0.6 is 0 Å². The number of aliphatic carboxylic acids is 1. The van der Waals surface area contributed by atoms with Gasteiger partial charge in [0.2, 0.25) is 5.89 Å². The number of carboxylic acid groups (broad SMARTS) is 1. The first kappa shape index (κ1) is 12.7. The maximum absolute atomic E-state index is 10.6. The molecule has 1 aromatic rings. The van der Waals surface area contributed by atoms with Crippen LogP contribution in [0.2, 0.25) is 0 Å². The molecule has 0 bridgehead atoms. The number of aryl methyl sites for hydroxylation is 1. The lowest BCUT2D eigenvalue weighted by Crippen LogP contribution is -2.44. The van der Waals surface area contributed by atoms with E-state index in [0.717, 1.165) is 12.2 Å². The fraction of sp³-hybridized carbons (Fsp3) is 0.600. The summed E-state index contributed by atoms with van der Waals surface area (Å²) in [4.78, 5) is 14.6. The maximum Gasteiger partial charge on any atom is 0.336 e. The lowest BCUT2D eigenvalue weighted by Gasteiger charge is -2.17. The highest BCUT2D eigenvalue weighted by Crippen LogP contribution is 2.05. The molecule has 0 fully saturated rings. The highest BCUT2D eigenvalue weighted by Gasteiger charge is 2.29. The number of aliphatic hydroxyl groups is 1. The number of carbonyl (C=O) groups is 1. The van der Waals surface area contributed by atoms with Gasteiger partial charge in [-0.15, -0.1) is 0 Å². The molecule has 1 heterocycles. The molecule has 6 nitrogen and oxygen atoms in total. The molecule has 0 aromatic carbocycles. The summed E-state index contributed by atoms with van der Waals surface area (Å²) in [5, 5.41) is 20.8. The van der Waals surface area contributed by atoms with Crippen LogP contribution in [0.25, 0.3) is 0 Å². The lowest BCUT2D eigenvalue weighted by molar-refractivity contribution is -0.156. The third-order valence-electron chi connectivity index (χ3n) is 2.16. The Labute approximate surface area is 93.3 Å². The molecule has 0 saturated heterocycles. The van der Waals surface area contributed by atoms with Gasteiger partial charge in [-0.2, -0.15) is 0 Å². The van der Waals surface area contributed by atoms with E-state index in [2.05, 4.69) is 10.3 Å². The molecule has 0 aliphatic rings. The Kier molecular flexibility index (Phi) is 4.03. The Balaban J connectivity index is 2.38. The fourth-order valence-electron chi connectivity index (χ4n) is 1.08. The summed E-state index contributed by atoms with van der Waals surface area (Å²) in [5.41, 5.74) is -1.78. The molecule has 1 unspecified atom stereocenters. The molecule has 0 spiro atoms. The minimum absolute atomic E-state index is 0.0633. The zero-order valence-electron chi connectivity index (χ0n) is 9.36. The Morgan fingerprint density at radius 1 is 1.69 bits per heavy atom. The second-order valence-electron chi connectivity index (χ2n) is 3.76. The molecule has 16 heavy (non-hydrogen) atoms. The van der Waals surface area contributed by atoms with E-state index in [1.807, 2.05) is 6.92 Å². The Hall–Kier alpha value is -1.40. The first-order chi connectivity index (χ1) is 7.45. The molecule has 0 radical (unpaired) electrons. The van der Waals surface area contributed by atoms with Crippen LogP contribution in [0.1, 0.15) is 25.5 Å². The van der Waals surface area contributed by atoms with Gasteiger partial charge in [0.1, 0.15) is 5.76 Å². The lowest BCUT2D eigenvalue weighted by atomic mass is 10.1. The number of rotatable bonds is 6. The van der Waals surface area contributed by atoms with Crippen molar-refractivity contribution in [3.8, 4) is 0 Å². The largest absolute Gasteiger partial charge is 0.479 e. The molecule has 1 atom stereocenters. The molecule has 3 N–H and O–H groups in total. The van der Waals surface area contributed by atoms with Crippen molar-refractivity contribution in [1.82, 2.24) is 10.3 Å². The number of hydrogen-bond acceptors (Lipinski definition) is 5. The van der Waals surface area contributed by atoms with Crippen LogP contribution in [-0.4, -0.2) is 33.3 Å². The topological polar surface area (TPSA) is 95.6 Å². The van der Waals surface area contributed by atoms with Crippen LogP contribution in [-0.2, 0) is 17.8 Å². The van der Waals surface area contributed by atoms with Crippen LogP contribution < -0.4 is 5.32 Å². The summed E-state index contributed by atoms with van der Waals surface area (Å²) in [6.45, 7) is 3.41. The van der Waals surface area contributed by atoms with E-state index in [4.69, 9.17) is 9.52 Å². The number of aromatic nitrogens is 1. The minimum Gasteiger partial charge on any atom is -0.479 e. The average Bonchev–Trinajstić information content (AvgIpc) is 2.65. The van der Waals surface area contributed by atoms with E-state index >= 15 is 0 Å². The number of hydrogen-bond donors (Lipinski definition) is 3. The Morgan fingerprint density at radius 3 is 2.88 bits per heavy atom. The molecule has 90 valence electrons. The molecule has 6 heteroatoms. The van der Waals surface area contributed by atoms with Crippen molar-refractivity contribution >= 4 is 5.97 Å². The molecule has 0 aliphatic carbocycles. The maximum atomic E-state index is 10.6. The van der Waals surface area contributed by atoms with Crippen LogP contribution in [0.4, 0.5) is 0 Å². The molecule has 0 saturated carbocycles. The first-order valence-electron chi connectivity index (χ1n) is 5.05. The van der Waals surface area contributed by atoms with Gasteiger partial charge < -0.3 is 19.9 Å². The van der Waals surface area contributed by atoms with E-state index in [9.17, 15) is 9.90 Å². The van der Waals surface area contributed by atoms with Gasteiger partial charge >= 0.3 is 5.97 Å². The second kappa shape index (κ2) is 5.09. The molecular weight excluding hydrogens is 212 g/mol. The molecule has 1 rings (SSSR count). The third-order valence-corrected chi connectivity index (χ3v) is 2.16. The van der Waals surface area contributed by atoms with Gasteiger partial charge in [-0.25, -0.2) is 9.78 Å². The third kappa shape index (κ3) is 3.32. The molecule has 0 amide bonds. The van der Waals surface area contributed by atoms with Gasteiger partial charge in [-0.3, -0.25) is 0 Å². The highest BCUT2D eigenvalue weighted by molar-refractivity contribution is 5.76. The monoisotopic (exact) mass is 228 g/mol. The second-order valence-corrected chi connectivity index (χ2v) is 3.76. The summed E-state index contributed by atoms with van der Waals surface area (Å²) in [7, 11) is 0. The van der Waals surface area contributed by atoms with Crippen LogP contribution in [0.3, 0.4) is 0 Å². The highest BCUT2D eigenvalue weighted by atomic mass is 16.4. The fourth-order valence-corrected chi connectivity index (χ4v) is 1.08. The van der Waals surface area contributed by atoms with Gasteiger partial charge in [0.15, 0.2) is 5.60 Å². The first-order valence-corrected chi connectivity index (χ1v) is 5.05. The van der Waals surface area contributed by atoms with Gasteiger partial charge in [0.25, 0.3) is 0 Å². The van der Waals surface area contributed by atoms with E-state index in [-0.39, 0.29) is 6.54 Å². The SMILES string of the molecule is CCc1cnc(CNCC(C)(O)C(=O)O)o1. The summed E-state index contributed by atoms with van der Waals surface area (Å²) in [6.07, 6.45) is 2.40. The zero-order valence-corrected chi connectivity index (χ0v) is 9.36. The quantitative estimate of drug-likeness (QED) is 0.642. The Morgan fingerprint density at radius 2 is 2.38 bits per heavy atom. The average molecular weight is 228 g/mol. The predicted molar refractivity (Wildman–Crippen MR) is 55.8 cm³/mol. The number of nitrogens with one attached hydrogen (secondary N) is 1. The van der Waals surface area contributed by atoms with E-state index in [1.54, 1.807) is 6.20 Å². The van der Waals surface area contributed by atoms with Gasteiger partial charge in [0.05, 0.1) is 12.7 Å². The van der Waals surface area contributed by atoms with Crippen molar-refractivity contribution in [2.24, 2.45) is 0 Å². The zero-order chi connectivity index (χ0) is 12.2. The molecule has 1 aromatic heterocycles.